The van der Waals surface area contributed by atoms with Crippen molar-refractivity contribution in [2.45, 2.75) is 57.1 Å². The smallest absolute Gasteiger partial charge is 0.127 e. The van der Waals surface area contributed by atoms with Crippen LogP contribution in [0.2, 0.25) is 0 Å². The van der Waals surface area contributed by atoms with Gasteiger partial charge in [-0.05, 0) is 50.8 Å². The van der Waals surface area contributed by atoms with Crippen molar-refractivity contribution >= 4 is 0 Å². The summed E-state index contributed by atoms with van der Waals surface area (Å²) in [5.74, 6) is -0.137. The summed E-state index contributed by atoms with van der Waals surface area (Å²) in [4.78, 5) is 0. The van der Waals surface area contributed by atoms with Gasteiger partial charge in [-0.3, -0.25) is 0 Å². The highest BCUT2D eigenvalue weighted by atomic mass is 19.1. The van der Waals surface area contributed by atoms with E-state index in [9.17, 15) is 4.39 Å². The van der Waals surface area contributed by atoms with Gasteiger partial charge in [0.1, 0.15) is 5.82 Å². The molecule has 0 aliphatic carbocycles. The lowest BCUT2D eigenvalue weighted by Crippen LogP contribution is -2.46. The Morgan fingerprint density at radius 3 is 2.54 bits per heavy atom. The van der Waals surface area contributed by atoms with Gasteiger partial charge in [0.25, 0.3) is 0 Å². The molecule has 0 radical (unpaired) electrons. The molecule has 2 aromatic carbocycles. The van der Waals surface area contributed by atoms with Crippen molar-refractivity contribution in [1.82, 2.24) is 5.32 Å². The first-order valence-corrected chi connectivity index (χ1v) is 9.71. The Morgan fingerprint density at radius 2 is 1.81 bits per heavy atom. The predicted octanol–water partition coefficient (Wildman–Crippen LogP) is 5.22. The summed E-state index contributed by atoms with van der Waals surface area (Å²) in [6.07, 6.45) is 4.12. The van der Waals surface area contributed by atoms with Crippen LogP contribution in [-0.2, 0) is 16.7 Å². The second kappa shape index (κ2) is 8.32. The average molecular weight is 355 g/mol. The van der Waals surface area contributed by atoms with Crippen molar-refractivity contribution in [2.24, 2.45) is 0 Å². The minimum Gasteiger partial charge on any atom is -0.375 e. The van der Waals surface area contributed by atoms with Crippen LogP contribution >= 0.6 is 0 Å². The van der Waals surface area contributed by atoms with Crippen molar-refractivity contribution in [1.29, 1.82) is 0 Å². The molecule has 2 unspecified atom stereocenters. The van der Waals surface area contributed by atoms with Crippen LogP contribution < -0.4 is 5.32 Å². The van der Waals surface area contributed by atoms with Gasteiger partial charge in [-0.1, -0.05) is 55.5 Å². The van der Waals surface area contributed by atoms with E-state index in [1.807, 2.05) is 12.1 Å². The summed E-state index contributed by atoms with van der Waals surface area (Å²) in [6.45, 7) is 6.67. The Balaban J connectivity index is 1.70. The topological polar surface area (TPSA) is 21.3 Å². The molecule has 3 rings (SSSR count). The van der Waals surface area contributed by atoms with E-state index in [1.165, 1.54) is 11.6 Å². The molecule has 2 atom stereocenters. The fourth-order valence-electron chi connectivity index (χ4n) is 4.16. The summed E-state index contributed by atoms with van der Waals surface area (Å²) < 4.78 is 19.9. The number of rotatable bonds is 7. The van der Waals surface area contributed by atoms with Crippen LogP contribution in [0.3, 0.4) is 0 Å². The van der Waals surface area contributed by atoms with Crippen molar-refractivity contribution in [2.75, 3.05) is 13.2 Å². The molecule has 0 spiro atoms. The molecular formula is C23H30FNO. The minimum atomic E-state index is -0.137. The van der Waals surface area contributed by atoms with Gasteiger partial charge in [-0.25, -0.2) is 4.39 Å². The van der Waals surface area contributed by atoms with E-state index in [0.29, 0.717) is 6.54 Å². The first-order chi connectivity index (χ1) is 12.6. The molecular weight excluding hydrogens is 325 g/mol. The summed E-state index contributed by atoms with van der Waals surface area (Å²) in [6, 6.07) is 17.8. The molecule has 1 heterocycles. The van der Waals surface area contributed by atoms with E-state index in [4.69, 9.17) is 4.74 Å². The van der Waals surface area contributed by atoms with Gasteiger partial charge in [0.05, 0.1) is 5.60 Å². The standard InChI is InChI=1S/C23H30FNO/c1-3-22(2)18-23(14-16-26-22,20-10-5-4-6-11-20)13-15-25-17-19-9-7-8-12-21(19)24/h4-12,25H,3,13-18H2,1-2H3. The third-order valence-electron chi connectivity index (χ3n) is 5.93. The molecule has 1 fully saturated rings. The van der Waals surface area contributed by atoms with Crippen LogP contribution in [0.5, 0.6) is 0 Å². The van der Waals surface area contributed by atoms with Gasteiger partial charge < -0.3 is 10.1 Å². The van der Waals surface area contributed by atoms with Gasteiger partial charge in [-0.15, -0.1) is 0 Å². The van der Waals surface area contributed by atoms with Crippen LogP contribution in [0, 0.1) is 5.82 Å². The van der Waals surface area contributed by atoms with Gasteiger partial charge in [-0.2, -0.15) is 0 Å². The van der Waals surface area contributed by atoms with Crippen LogP contribution in [0.1, 0.15) is 50.7 Å². The van der Waals surface area contributed by atoms with E-state index >= 15 is 0 Å². The van der Waals surface area contributed by atoms with Gasteiger partial charge in [0, 0.05) is 24.1 Å². The molecule has 3 heteroatoms. The van der Waals surface area contributed by atoms with E-state index in [2.05, 4.69) is 49.5 Å². The highest BCUT2D eigenvalue weighted by Crippen LogP contribution is 2.45. The second-order valence-electron chi connectivity index (χ2n) is 7.74. The Kier molecular flexibility index (Phi) is 6.10. The van der Waals surface area contributed by atoms with Crippen LogP contribution in [0.4, 0.5) is 4.39 Å². The first-order valence-electron chi connectivity index (χ1n) is 9.71. The Bertz CT molecular complexity index is 704. The largest absolute Gasteiger partial charge is 0.375 e. The van der Waals surface area contributed by atoms with Gasteiger partial charge >= 0.3 is 0 Å². The lowest BCUT2D eigenvalue weighted by molar-refractivity contribution is -0.0979. The fourth-order valence-corrected chi connectivity index (χ4v) is 4.16. The molecule has 0 aromatic heterocycles. The zero-order valence-electron chi connectivity index (χ0n) is 15.9. The zero-order valence-corrected chi connectivity index (χ0v) is 15.9. The number of benzene rings is 2. The fraction of sp³-hybridized carbons (Fsp3) is 0.478. The van der Waals surface area contributed by atoms with Gasteiger partial charge in [0.2, 0.25) is 0 Å². The third kappa shape index (κ3) is 4.33. The third-order valence-corrected chi connectivity index (χ3v) is 5.93. The Morgan fingerprint density at radius 1 is 1.08 bits per heavy atom. The molecule has 2 nitrogen and oxygen atoms in total. The summed E-state index contributed by atoms with van der Waals surface area (Å²) in [5, 5.41) is 3.45. The number of ether oxygens (including phenoxy) is 1. The predicted molar refractivity (Wildman–Crippen MR) is 105 cm³/mol. The summed E-state index contributed by atoms with van der Waals surface area (Å²) >= 11 is 0. The molecule has 1 saturated heterocycles. The summed E-state index contributed by atoms with van der Waals surface area (Å²) in [7, 11) is 0. The number of nitrogens with one attached hydrogen (secondary N) is 1. The highest BCUT2D eigenvalue weighted by molar-refractivity contribution is 5.27. The number of halogens is 1. The first kappa shape index (κ1) is 19.1. The van der Waals surface area contributed by atoms with E-state index < -0.39 is 0 Å². The van der Waals surface area contributed by atoms with Crippen molar-refractivity contribution in [3.8, 4) is 0 Å². The number of hydrogen-bond donors (Lipinski definition) is 1. The molecule has 1 aliphatic rings. The highest BCUT2D eigenvalue weighted by Gasteiger charge is 2.42. The number of hydrogen-bond acceptors (Lipinski definition) is 2. The molecule has 1 N–H and O–H groups in total. The van der Waals surface area contributed by atoms with E-state index in [-0.39, 0.29) is 16.8 Å². The maximum absolute atomic E-state index is 13.8. The quantitative estimate of drug-likeness (QED) is 0.687. The van der Waals surface area contributed by atoms with Crippen molar-refractivity contribution in [3.05, 3.63) is 71.5 Å². The molecule has 26 heavy (non-hydrogen) atoms. The molecule has 0 bridgehead atoms. The minimum absolute atomic E-state index is 0.0698. The SMILES string of the molecule is CCC1(C)CC(CCNCc2ccccc2F)(c2ccccc2)CCO1. The van der Waals surface area contributed by atoms with Crippen LogP contribution in [-0.4, -0.2) is 18.8 Å². The lowest BCUT2D eigenvalue weighted by Gasteiger charge is -2.47. The lowest BCUT2D eigenvalue weighted by atomic mass is 9.66. The van der Waals surface area contributed by atoms with E-state index in [0.717, 1.165) is 44.4 Å². The van der Waals surface area contributed by atoms with E-state index in [1.54, 1.807) is 6.07 Å². The maximum Gasteiger partial charge on any atom is 0.127 e. The Labute approximate surface area is 156 Å². The van der Waals surface area contributed by atoms with Crippen molar-refractivity contribution < 1.29 is 9.13 Å². The molecule has 140 valence electrons. The molecule has 1 aliphatic heterocycles. The van der Waals surface area contributed by atoms with Crippen LogP contribution in [0.25, 0.3) is 0 Å². The normalized spacial score (nSPS) is 26.0. The molecule has 2 aromatic rings. The molecule has 0 amide bonds. The van der Waals surface area contributed by atoms with Crippen LogP contribution in [0.15, 0.2) is 54.6 Å². The van der Waals surface area contributed by atoms with Gasteiger partial charge in [0.15, 0.2) is 0 Å². The Hall–Kier alpha value is -1.71. The second-order valence-corrected chi connectivity index (χ2v) is 7.74. The molecule has 0 saturated carbocycles. The monoisotopic (exact) mass is 355 g/mol. The van der Waals surface area contributed by atoms with Crippen molar-refractivity contribution in [3.63, 3.8) is 0 Å². The summed E-state index contributed by atoms with van der Waals surface area (Å²) in [5.41, 5.74) is 2.17. The maximum atomic E-state index is 13.8. The zero-order chi connectivity index (χ0) is 18.5. The average Bonchev–Trinajstić information content (AvgIpc) is 2.67.